The highest BCUT2D eigenvalue weighted by molar-refractivity contribution is 6.01. The molecular formula is C22H24O11. The number of hydrogen-bond donors (Lipinski definition) is 7. The summed E-state index contributed by atoms with van der Waals surface area (Å²) in [7, 11) is 1.28. The maximum atomic E-state index is 13.0. The summed E-state index contributed by atoms with van der Waals surface area (Å²) in [6.45, 7) is -0.665. The number of allylic oxidation sites excluding steroid dienone is 1. The number of benzene rings is 1. The normalized spacial score (nSPS) is 34.2. The van der Waals surface area contributed by atoms with Gasteiger partial charge < -0.3 is 50.0 Å². The van der Waals surface area contributed by atoms with E-state index in [0.717, 1.165) is 6.08 Å². The number of methoxy groups -OCH3 is 1. The van der Waals surface area contributed by atoms with Crippen LogP contribution in [0.2, 0.25) is 0 Å². The van der Waals surface area contributed by atoms with Crippen molar-refractivity contribution in [2.45, 2.75) is 36.6 Å². The van der Waals surface area contributed by atoms with Gasteiger partial charge in [0.1, 0.15) is 59.8 Å². The van der Waals surface area contributed by atoms with E-state index < -0.39 is 66.4 Å². The Hall–Kier alpha value is -3.09. The van der Waals surface area contributed by atoms with E-state index in [4.69, 9.17) is 14.2 Å². The number of aromatic hydroxyl groups is 2. The maximum absolute atomic E-state index is 13.0. The van der Waals surface area contributed by atoms with E-state index in [2.05, 4.69) is 0 Å². The van der Waals surface area contributed by atoms with E-state index in [-0.39, 0.29) is 22.8 Å². The lowest BCUT2D eigenvalue weighted by molar-refractivity contribution is -0.220. The Kier molecular flexibility index (Phi) is 6.08. The van der Waals surface area contributed by atoms with Crippen molar-refractivity contribution in [3.05, 3.63) is 53.0 Å². The number of hydrogen-bond acceptors (Lipinski definition) is 11. The van der Waals surface area contributed by atoms with Crippen molar-refractivity contribution in [2.24, 2.45) is 5.92 Å². The minimum absolute atomic E-state index is 0.000632. The second-order valence-corrected chi connectivity index (χ2v) is 7.96. The van der Waals surface area contributed by atoms with Crippen molar-refractivity contribution in [1.29, 1.82) is 0 Å². The molecule has 1 aromatic carbocycles. The number of aliphatic hydroxyl groups excluding tert-OH is 5. The molecule has 1 aliphatic carbocycles. The van der Waals surface area contributed by atoms with Gasteiger partial charge in [0.2, 0.25) is 0 Å². The third-order valence-corrected chi connectivity index (χ3v) is 5.98. The fourth-order valence-corrected chi connectivity index (χ4v) is 4.22. The molecule has 178 valence electrons. The highest BCUT2D eigenvalue weighted by Gasteiger charge is 2.50. The van der Waals surface area contributed by atoms with Crippen molar-refractivity contribution in [1.82, 2.24) is 0 Å². The number of phenolic OH excluding ortho intramolecular Hbond substituents is 2. The molecule has 0 bridgehead atoms. The Bertz CT molecular complexity index is 1040. The summed E-state index contributed by atoms with van der Waals surface area (Å²) >= 11 is 0. The smallest absolute Gasteiger partial charge is 0.174 e. The molecule has 0 spiro atoms. The standard InChI is InChI=1S/C22H24O11/c1-31-13-6-14-16(11(26)5-12(32-14)8-2-3-9(24)10(25)4-8)19(28)17(13)22-21(30)20(29)18(27)15(7-23)33-22/h2-6,14-16,18,20-25,27-30H,7H2,1H3/t14?,15-,16?,18-,20+,21-,22+/m1/s1. The summed E-state index contributed by atoms with van der Waals surface area (Å²) in [6, 6.07) is 3.89. The number of carbonyl (C=O) groups excluding carboxylic acids is 1. The van der Waals surface area contributed by atoms with Crippen LogP contribution in [0.3, 0.4) is 0 Å². The van der Waals surface area contributed by atoms with E-state index in [1.165, 1.54) is 31.4 Å². The molecule has 2 aliphatic heterocycles. The van der Waals surface area contributed by atoms with Gasteiger partial charge in [-0.25, -0.2) is 0 Å². The highest BCUT2D eigenvalue weighted by Crippen LogP contribution is 2.42. The van der Waals surface area contributed by atoms with Gasteiger partial charge >= 0.3 is 0 Å². The molecule has 4 rings (SSSR count). The van der Waals surface area contributed by atoms with Crippen LogP contribution in [0.5, 0.6) is 11.5 Å². The summed E-state index contributed by atoms with van der Waals surface area (Å²) in [5.41, 5.74) is 0.194. The molecule has 11 nitrogen and oxygen atoms in total. The van der Waals surface area contributed by atoms with Crippen molar-refractivity contribution < 1.29 is 54.8 Å². The molecule has 2 heterocycles. The van der Waals surface area contributed by atoms with Crippen LogP contribution in [0.15, 0.2) is 47.4 Å². The van der Waals surface area contributed by atoms with Crippen LogP contribution < -0.4 is 0 Å². The van der Waals surface area contributed by atoms with Gasteiger partial charge in [0.05, 0.1) is 19.3 Å². The van der Waals surface area contributed by atoms with E-state index in [1.807, 2.05) is 0 Å². The Morgan fingerprint density at radius 1 is 1.03 bits per heavy atom. The van der Waals surface area contributed by atoms with Gasteiger partial charge in [0, 0.05) is 11.6 Å². The molecule has 7 N–H and O–H groups in total. The van der Waals surface area contributed by atoms with E-state index in [0.29, 0.717) is 5.56 Å². The molecular weight excluding hydrogens is 440 g/mol. The summed E-state index contributed by atoms with van der Waals surface area (Å²) < 4.78 is 16.7. The van der Waals surface area contributed by atoms with Gasteiger partial charge in [-0.1, -0.05) is 0 Å². The monoisotopic (exact) mass is 464 g/mol. The first kappa shape index (κ1) is 23.1. The molecule has 1 fully saturated rings. The van der Waals surface area contributed by atoms with Gasteiger partial charge in [0.25, 0.3) is 0 Å². The summed E-state index contributed by atoms with van der Waals surface area (Å²) in [5, 5.41) is 70.4. The number of phenols is 2. The van der Waals surface area contributed by atoms with Crippen molar-refractivity contribution in [3.63, 3.8) is 0 Å². The minimum Gasteiger partial charge on any atom is -0.511 e. The minimum atomic E-state index is -1.69. The molecule has 1 aromatic rings. The Morgan fingerprint density at radius 3 is 2.39 bits per heavy atom. The number of aliphatic hydroxyl groups is 5. The average molecular weight is 464 g/mol. The van der Waals surface area contributed by atoms with Crippen LogP contribution >= 0.6 is 0 Å². The van der Waals surface area contributed by atoms with E-state index in [1.54, 1.807) is 0 Å². The Morgan fingerprint density at radius 2 is 1.76 bits per heavy atom. The van der Waals surface area contributed by atoms with Crippen LogP contribution in [-0.2, 0) is 19.0 Å². The van der Waals surface area contributed by atoms with Crippen LogP contribution in [0.4, 0.5) is 0 Å². The van der Waals surface area contributed by atoms with Gasteiger partial charge in [-0.15, -0.1) is 0 Å². The third kappa shape index (κ3) is 3.83. The van der Waals surface area contributed by atoms with Crippen LogP contribution in [0.1, 0.15) is 5.56 Å². The number of fused-ring (bicyclic) bond motifs is 1. The Labute approximate surface area is 187 Å². The lowest BCUT2D eigenvalue weighted by Gasteiger charge is -2.43. The summed E-state index contributed by atoms with van der Waals surface area (Å²) in [6.07, 6.45) is -6.12. The molecule has 2 unspecified atom stereocenters. The molecule has 33 heavy (non-hydrogen) atoms. The largest absolute Gasteiger partial charge is 0.511 e. The zero-order valence-electron chi connectivity index (χ0n) is 17.4. The Balaban J connectivity index is 1.72. The van der Waals surface area contributed by atoms with Gasteiger partial charge in [-0.2, -0.15) is 0 Å². The predicted molar refractivity (Wildman–Crippen MR) is 110 cm³/mol. The van der Waals surface area contributed by atoms with Gasteiger partial charge in [-0.05, 0) is 24.3 Å². The zero-order valence-corrected chi connectivity index (χ0v) is 17.4. The van der Waals surface area contributed by atoms with Gasteiger partial charge in [0.15, 0.2) is 17.3 Å². The second kappa shape index (κ2) is 8.69. The van der Waals surface area contributed by atoms with Crippen molar-refractivity contribution in [3.8, 4) is 11.5 Å². The first-order valence-electron chi connectivity index (χ1n) is 10.1. The molecule has 0 aromatic heterocycles. The molecule has 0 amide bonds. The first-order chi connectivity index (χ1) is 15.7. The molecule has 0 radical (unpaired) electrons. The number of ether oxygens (including phenoxy) is 3. The highest BCUT2D eigenvalue weighted by atomic mass is 16.5. The van der Waals surface area contributed by atoms with Crippen molar-refractivity contribution >= 4 is 11.5 Å². The predicted octanol–water partition coefficient (Wildman–Crippen LogP) is -0.779. The SMILES string of the molecule is COC1=CC2OC(c3ccc(O)c(O)c3)=CC(=O)C2C(O)=C1[C@@H]1O[C@H](CO)[C@@H](O)[C@H](O)[C@H]1O. The lowest BCUT2D eigenvalue weighted by atomic mass is 9.80. The van der Waals surface area contributed by atoms with Gasteiger partial charge in [-0.3, -0.25) is 4.79 Å². The van der Waals surface area contributed by atoms with Crippen LogP contribution in [0, 0.1) is 5.92 Å². The fourth-order valence-electron chi connectivity index (χ4n) is 4.22. The first-order valence-corrected chi connectivity index (χ1v) is 10.1. The maximum Gasteiger partial charge on any atom is 0.174 e. The summed E-state index contributed by atoms with van der Waals surface area (Å²) in [5.74, 6) is -2.95. The third-order valence-electron chi connectivity index (χ3n) is 5.98. The molecule has 0 saturated carbocycles. The number of carbonyl (C=O) groups is 1. The van der Waals surface area contributed by atoms with Crippen LogP contribution in [0.25, 0.3) is 5.76 Å². The van der Waals surface area contributed by atoms with Crippen molar-refractivity contribution in [2.75, 3.05) is 13.7 Å². The molecule has 11 heteroatoms. The molecule has 7 atom stereocenters. The lowest BCUT2D eigenvalue weighted by Crippen LogP contribution is -2.59. The topological polar surface area (TPSA) is 186 Å². The summed E-state index contributed by atoms with van der Waals surface area (Å²) in [4.78, 5) is 13.0. The fraction of sp³-hybridized carbons (Fsp3) is 0.409. The number of rotatable bonds is 4. The quantitative estimate of drug-likeness (QED) is 0.277. The van der Waals surface area contributed by atoms with E-state index in [9.17, 15) is 40.5 Å². The average Bonchev–Trinajstić information content (AvgIpc) is 2.79. The van der Waals surface area contributed by atoms with E-state index >= 15 is 0 Å². The van der Waals surface area contributed by atoms with Crippen LogP contribution in [-0.4, -0.2) is 91.9 Å². The second-order valence-electron chi connectivity index (χ2n) is 7.96. The zero-order chi connectivity index (χ0) is 24.0. The number of ketones is 1. The molecule has 1 saturated heterocycles. The molecule has 3 aliphatic rings.